The molecule has 0 fully saturated rings. The van der Waals surface area contributed by atoms with Crippen molar-refractivity contribution >= 4 is 5.82 Å². The average molecular weight is 261 g/mol. The van der Waals surface area contributed by atoms with Gasteiger partial charge in [0.2, 0.25) is 0 Å². The van der Waals surface area contributed by atoms with Crippen molar-refractivity contribution in [1.82, 2.24) is 9.55 Å². The number of rotatable bonds is 4. The summed E-state index contributed by atoms with van der Waals surface area (Å²) < 4.78 is 15.2. The van der Waals surface area contributed by atoms with Crippen LogP contribution in [0.3, 0.4) is 0 Å². The lowest BCUT2D eigenvalue weighted by Gasteiger charge is -2.15. The maximum absolute atomic E-state index is 13.6. The minimum Gasteiger partial charge on any atom is -0.359 e. The molecule has 0 spiro atoms. The van der Waals surface area contributed by atoms with E-state index in [0.717, 1.165) is 0 Å². The van der Waals surface area contributed by atoms with E-state index < -0.39 is 0 Å². The van der Waals surface area contributed by atoms with Gasteiger partial charge in [0.1, 0.15) is 5.82 Å². The van der Waals surface area contributed by atoms with Crippen molar-refractivity contribution in [3.63, 3.8) is 0 Å². The van der Waals surface area contributed by atoms with Gasteiger partial charge >= 0.3 is 0 Å². The largest absolute Gasteiger partial charge is 0.359 e. The molecule has 1 atom stereocenters. The number of halogens is 1. The third-order valence-corrected chi connectivity index (χ3v) is 2.98. The Morgan fingerprint density at radius 1 is 1.42 bits per heavy atom. The van der Waals surface area contributed by atoms with Crippen molar-refractivity contribution in [1.29, 1.82) is 0 Å². The Bertz CT molecular complexity index is 624. The number of aryl methyl sites for hydroxylation is 1. The molecule has 19 heavy (non-hydrogen) atoms. The van der Waals surface area contributed by atoms with Gasteiger partial charge in [-0.25, -0.2) is 9.37 Å². The number of hydrogen-bond acceptors (Lipinski definition) is 3. The molecule has 0 aliphatic heterocycles. The predicted octanol–water partition coefficient (Wildman–Crippen LogP) is 2.58. The van der Waals surface area contributed by atoms with Gasteiger partial charge in [0.05, 0.1) is 6.04 Å². The van der Waals surface area contributed by atoms with Gasteiger partial charge in [0.15, 0.2) is 5.82 Å². The Labute approximate surface area is 110 Å². The van der Waals surface area contributed by atoms with Gasteiger partial charge in [-0.05, 0) is 19.9 Å². The summed E-state index contributed by atoms with van der Waals surface area (Å²) in [6.07, 6.45) is 3.18. The van der Waals surface area contributed by atoms with Crippen LogP contribution < -0.4 is 10.9 Å². The molecule has 1 aromatic carbocycles. The molecule has 1 unspecified atom stereocenters. The number of nitrogens with zero attached hydrogens (tertiary/aromatic N) is 2. The van der Waals surface area contributed by atoms with Gasteiger partial charge in [-0.15, -0.1) is 0 Å². The van der Waals surface area contributed by atoms with Crippen molar-refractivity contribution in [3.8, 4) is 0 Å². The smallest absolute Gasteiger partial charge is 0.293 e. The zero-order valence-corrected chi connectivity index (χ0v) is 10.9. The van der Waals surface area contributed by atoms with Crippen LogP contribution in [0.4, 0.5) is 10.2 Å². The van der Waals surface area contributed by atoms with Crippen molar-refractivity contribution in [2.45, 2.75) is 26.4 Å². The molecule has 5 heteroatoms. The first-order chi connectivity index (χ1) is 9.13. The van der Waals surface area contributed by atoms with E-state index in [-0.39, 0.29) is 23.2 Å². The van der Waals surface area contributed by atoms with Gasteiger partial charge in [0.25, 0.3) is 5.56 Å². The lowest BCUT2D eigenvalue weighted by molar-refractivity contribution is 0.599. The van der Waals surface area contributed by atoms with E-state index >= 15 is 0 Å². The molecule has 2 rings (SSSR count). The molecule has 2 aromatic rings. The third-order valence-electron chi connectivity index (χ3n) is 2.98. The van der Waals surface area contributed by atoms with E-state index in [9.17, 15) is 9.18 Å². The van der Waals surface area contributed by atoms with Crippen LogP contribution in [-0.4, -0.2) is 9.55 Å². The van der Waals surface area contributed by atoms with Crippen LogP contribution in [0.5, 0.6) is 0 Å². The van der Waals surface area contributed by atoms with Gasteiger partial charge < -0.3 is 9.88 Å². The standard InChI is InChI=1S/C14H16FN3O/c1-3-18-9-8-16-13(14(18)19)17-10(2)11-6-4-5-7-12(11)15/h4-10H,3H2,1-2H3,(H,16,17). The minimum absolute atomic E-state index is 0.201. The molecule has 0 amide bonds. The number of aromatic nitrogens is 2. The van der Waals surface area contributed by atoms with Crippen LogP contribution in [-0.2, 0) is 6.54 Å². The molecule has 0 saturated carbocycles. The molecule has 0 bridgehead atoms. The minimum atomic E-state index is -0.325. The van der Waals surface area contributed by atoms with E-state index in [4.69, 9.17) is 0 Å². The highest BCUT2D eigenvalue weighted by atomic mass is 19.1. The van der Waals surface area contributed by atoms with Crippen LogP contribution in [0.1, 0.15) is 25.5 Å². The monoisotopic (exact) mass is 261 g/mol. The lowest BCUT2D eigenvalue weighted by Crippen LogP contribution is -2.25. The van der Waals surface area contributed by atoms with Crippen molar-refractivity contribution in [2.24, 2.45) is 0 Å². The fourth-order valence-corrected chi connectivity index (χ4v) is 1.90. The highest BCUT2D eigenvalue weighted by Crippen LogP contribution is 2.18. The van der Waals surface area contributed by atoms with Crippen LogP contribution in [0.15, 0.2) is 41.5 Å². The van der Waals surface area contributed by atoms with Gasteiger partial charge in [-0.1, -0.05) is 18.2 Å². The zero-order chi connectivity index (χ0) is 13.8. The molecule has 100 valence electrons. The second-order valence-corrected chi connectivity index (χ2v) is 4.25. The summed E-state index contributed by atoms with van der Waals surface area (Å²) in [5.41, 5.74) is 0.309. The van der Waals surface area contributed by atoms with Crippen molar-refractivity contribution in [2.75, 3.05) is 5.32 Å². The zero-order valence-electron chi connectivity index (χ0n) is 10.9. The van der Waals surface area contributed by atoms with Crippen molar-refractivity contribution in [3.05, 3.63) is 58.4 Å². The van der Waals surface area contributed by atoms with Gasteiger partial charge in [-0.3, -0.25) is 4.79 Å². The Balaban J connectivity index is 2.27. The molecule has 0 saturated heterocycles. The first-order valence-electron chi connectivity index (χ1n) is 6.20. The number of anilines is 1. The summed E-state index contributed by atoms with van der Waals surface area (Å²) in [4.78, 5) is 16.0. The second-order valence-electron chi connectivity index (χ2n) is 4.25. The number of hydrogen-bond donors (Lipinski definition) is 1. The van der Waals surface area contributed by atoms with E-state index in [1.807, 2.05) is 6.92 Å². The fraction of sp³-hybridized carbons (Fsp3) is 0.286. The summed E-state index contributed by atoms with van der Waals surface area (Å²) in [5.74, 6) is -0.0608. The fourth-order valence-electron chi connectivity index (χ4n) is 1.90. The Morgan fingerprint density at radius 3 is 2.84 bits per heavy atom. The average Bonchev–Trinajstić information content (AvgIpc) is 2.41. The van der Waals surface area contributed by atoms with E-state index in [1.165, 1.54) is 6.07 Å². The SMILES string of the molecule is CCn1ccnc(NC(C)c2ccccc2F)c1=O. The Kier molecular flexibility index (Phi) is 3.94. The third kappa shape index (κ3) is 2.81. The van der Waals surface area contributed by atoms with Gasteiger partial charge in [-0.2, -0.15) is 0 Å². The van der Waals surface area contributed by atoms with Gasteiger partial charge in [0, 0.05) is 24.5 Å². The number of benzene rings is 1. The summed E-state index contributed by atoms with van der Waals surface area (Å²) in [6.45, 7) is 4.25. The van der Waals surface area contributed by atoms with Crippen molar-refractivity contribution < 1.29 is 4.39 Å². The predicted molar refractivity (Wildman–Crippen MR) is 72.6 cm³/mol. The summed E-state index contributed by atoms with van der Waals surface area (Å²) in [5, 5.41) is 2.96. The van der Waals surface area contributed by atoms with Crippen LogP contribution in [0, 0.1) is 5.82 Å². The molecule has 4 nitrogen and oxygen atoms in total. The van der Waals surface area contributed by atoms with E-state index in [2.05, 4.69) is 10.3 Å². The van der Waals surface area contributed by atoms with E-state index in [1.54, 1.807) is 42.1 Å². The molecule has 1 N–H and O–H groups in total. The normalized spacial score (nSPS) is 12.2. The van der Waals surface area contributed by atoms with Crippen LogP contribution in [0.25, 0.3) is 0 Å². The highest BCUT2D eigenvalue weighted by molar-refractivity contribution is 5.36. The molecule has 0 radical (unpaired) electrons. The molecule has 1 heterocycles. The molecule has 0 aliphatic carbocycles. The quantitative estimate of drug-likeness (QED) is 0.920. The topological polar surface area (TPSA) is 46.9 Å². The van der Waals surface area contributed by atoms with E-state index in [0.29, 0.717) is 12.1 Å². The summed E-state index contributed by atoms with van der Waals surface area (Å²) >= 11 is 0. The summed E-state index contributed by atoms with van der Waals surface area (Å²) in [6, 6.07) is 6.16. The highest BCUT2D eigenvalue weighted by Gasteiger charge is 2.12. The first kappa shape index (κ1) is 13.3. The first-order valence-corrected chi connectivity index (χ1v) is 6.20. The Morgan fingerprint density at radius 2 is 2.16 bits per heavy atom. The molecule has 0 aliphatic rings. The Hall–Kier alpha value is -2.17. The second kappa shape index (κ2) is 5.65. The maximum atomic E-state index is 13.6. The maximum Gasteiger partial charge on any atom is 0.293 e. The molecular weight excluding hydrogens is 245 g/mol. The summed E-state index contributed by atoms with van der Waals surface area (Å²) in [7, 11) is 0. The lowest BCUT2D eigenvalue weighted by atomic mass is 10.1. The van der Waals surface area contributed by atoms with Crippen LogP contribution in [0.2, 0.25) is 0 Å². The molecular formula is C14H16FN3O. The molecule has 1 aromatic heterocycles. The van der Waals surface area contributed by atoms with Crippen LogP contribution >= 0.6 is 0 Å². The number of nitrogens with one attached hydrogen (secondary N) is 1.